The topological polar surface area (TPSA) is 62.2 Å². The summed E-state index contributed by atoms with van der Waals surface area (Å²) < 4.78 is 0. The van der Waals surface area contributed by atoms with E-state index in [0.717, 1.165) is 49.3 Å². The van der Waals surface area contributed by atoms with Crippen LogP contribution in [-0.4, -0.2) is 22.6 Å². The van der Waals surface area contributed by atoms with Gasteiger partial charge in [0.25, 0.3) is 0 Å². The molecule has 1 aromatic rings. The van der Waals surface area contributed by atoms with Gasteiger partial charge in [0.1, 0.15) is 0 Å². The van der Waals surface area contributed by atoms with E-state index in [-0.39, 0.29) is 0 Å². The van der Waals surface area contributed by atoms with Crippen molar-refractivity contribution in [3.05, 3.63) is 28.6 Å². The molecule has 0 spiro atoms. The fourth-order valence-corrected chi connectivity index (χ4v) is 2.05. The van der Waals surface area contributed by atoms with Gasteiger partial charge in [0, 0.05) is 25.2 Å². The third-order valence-electron chi connectivity index (χ3n) is 2.84. The van der Waals surface area contributed by atoms with Crippen LogP contribution in [-0.2, 0) is 19.4 Å². The Balaban J connectivity index is 2.45. The van der Waals surface area contributed by atoms with Crippen molar-refractivity contribution in [3.8, 4) is 0 Å². The average molecular weight is 220 g/mol. The van der Waals surface area contributed by atoms with E-state index in [4.69, 9.17) is 5.11 Å². The number of carbonyl (C=O) groups is 1. The maximum absolute atomic E-state index is 11.1. The van der Waals surface area contributed by atoms with Gasteiger partial charge in [-0.05, 0) is 18.1 Å². The molecule has 4 heteroatoms. The van der Waals surface area contributed by atoms with Crippen LogP contribution in [0, 0.1) is 0 Å². The Morgan fingerprint density at radius 2 is 2.44 bits per heavy atom. The molecule has 0 atom stereocenters. The highest BCUT2D eigenvalue weighted by Crippen LogP contribution is 2.18. The lowest BCUT2D eigenvalue weighted by Gasteiger charge is -2.18. The van der Waals surface area contributed by atoms with E-state index in [1.54, 1.807) is 6.07 Å². The second-order valence-electron chi connectivity index (χ2n) is 4.07. The summed E-state index contributed by atoms with van der Waals surface area (Å²) in [5.41, 5.74) is 3.19. The number of hydrogen-bond donors (Lipinski definition) is 2. The summed E-state index contributed by atoms with van der Waals surface area (Å²) in [6.45, 7) is 3.70. The van der Waals surface area contributed by atoms with Gasteiger partial charge in [-0.15, -0.1) is 0 Å². The molecule has 0 radical (unpaired) electrons. The summed E-state index contributed by atoms with van der Waals surface area (Å²) in [5.74, 6) is -0.871. The SMILES string of the molecule is CCCc1nc2c(cc1C(=O)O)CNCC2. The number of nitrogens with zero attached hydrogens (tertiary/aromatic N) is 1. The van der Waals surface area contributed by atoms with E-state index in [1.807, 2.05) is 6.92 Å². The van der Waals surface area contributed by atoms with E-state index in [9.17, 15) is 4.79 Å². The number of pyridine rings is 1. The Labute approximate surface area is 94.7 Å². The predicted octanol–water partition coefficient (Wildman–Crippen LogP) is 1.38. The van der Waals surface area contributed by atoms with Crippen molar-refractivity contribution < 1.29 is 9.90 Å². The number of nitrogens with one attached hydrogen (secondary N) is 1. The zero-order chi connectivity index (χ0) is 11.5. The van der Waals surface area contributed by atoms with E-state index < -0.39 is 5.97 Å². The summed E-state index contributed by atoms with van der Waals surface area (Å²) >= 11 is 0. The summed E-state index contributed by atoms with van der Waals surface area (Å²) in [5, 5.41) is 12.4. The van der Waals surface area contributed by atoms with Gasteiger partial charge in [-0.25, -0.2) is 4.79 Å². The fourth-order valence-electron chi connectivity index (χ4n) is 2.05. The molecule has 1 aliphatic rings. The molecule has 2 rings (SSSR count). The molecule has 1 aliphatic heterocycles. The van der Waals surface area contributed by atoms with Gasteiger partial charge in [-0.2, -0.15) is 0 Å². The summed E-state index contributed by atoms with van der Waals surface area (Å²) in [4.78, 5) is 15.6. The first-order valence-corrected chi connectivity index (χ1v) is 5.68. The first kappa shape index (κ1) is 11.1. The van der Waals surface area contributed by atoms with Gasteiger partial charge in [0.15, 0.2) is 0 Å². The van der Waals surface area contributed by atoms with E-state index in [2.05, 4.69) is 10.3 Å². The van der Waals surface area contributed by atoms with Crippen LogP contribution in [0.15, 0.2) is 6.07 Å². The second-order valence-corrected chi connectivity index (χ2v) is 4.07. The summed E-state index contributed by atoms with van der Waals surface area (Å²) in [6.07, 6.45) is 2.55. The monoisotopic (exact) mass is 220 g/mol. The minimum atomic E-state index is -0.871. The molecule has 1 aromatic heterocycles. The molecule has 0 aliphatic carbocycles. The lowest BCUT2D eigenvalue weighted by Crippen LogP contribution is -2.26. The summed E-state index contributed by atoms with van der Waals surface area (Å²) in [6, 6.07) is 1.78. The molecule has 16 heavy (non-hydrogen) atoms. The molecule has 0 saturated heterocycles. The molecule has 0 bridgehead atoms. The lowest BCUT2D eigenvalue weighted by atomic mass is 10.0. The normalized spacial score (nSPS) is 14.6. The molecule has 2 N–H and O–H groups in total. The predicted molar refractivity (Wildman–Crippen MR) is 60.6 cm³/mol. The smallest absolute Gasteiger partial charge is 0.337 e. The fraction of sp³-hybridized carbons (Fsp3) is 0.500. The van der Waals surface area contributed by atoms with Crippen molar-refractivity contribution >= 4 is 5.97 Å². The number of aryl methyl sites for hydroxylation is 1. The number of aromatic carboxylic acids is 1. The van der Waals surface area contributed by atoms with Crippen LogP contribution >= 0.6 is 0 Å². The molecule has 0 unspecified atom stereocenters. The average Bonchev–Trinajstić information content (AvgIpc) is 2.28. The Hall–Kier alpha value is -1.42. The van der Waals surface area contributed by atoms with Crippen LogP contribution in [0.5, 0.6) is 0 Å². The molecule has 0 fully saturated rings. The third-order valence-corrected chi connectivity index (χ3v) is 2.84. The molecule has 2 heterocycles. The largest absolute Gasteiger partial charge is 0.478 e. The molecular weight excluding hydrogens is 204 g/mol. The maximum Gasteiger partial charge on any atom is 0.337 e. The lowest BCUT2D eigenvalue weighted by molar-refractivity contribution is 0.0695. The van der Waals surface area contributed by atoms with Crippen molar-refractivity contribution in [1.29, 1.82) is 0 Å². The van der Waals surface area contributed by atoms with Crippen LogP contribution in [0.2, 0.25) is 0 Å². The van der Waals surface area contributed by atoms with Gasteiger partial charge >= 0.3 is 5.97 Å². The number of carboxylic acid groups (broad SMARTS) is 1. The van der Waals surface area contributed by atoms with Gasteiger partial charge in [-0.1, -0.05) is 13.3 Å². The quantitative estimate of drug-likeness (QED) is 0.807. The second kappa shape index (κ2) is 4.61. The minimum Gasteiger partial charge on any atom is -0.478 e. The minimum absolute atomic E-state index is 0.365. The highest BCUT2D eigenvalue weighted by atomic mass is 16.4. The highest BCUT2D eigenvalue weighted by Gasteiger charge is 2.17. The van der Waals surface area contributed by atoms with Crippen LogP contribution in [0.3, 0.4) is 0 Å². The number of carboxylic acids is 1. The van der Waals surface area contributed by atoms with Crippen LogP contribution in [0.4, 0.5) is 0 Å². The maximum atomic E-state index is 11.1. The number of hydrogen-bond acceptors (Lipinski definition) is 3. The van der Waals surface area contributed by atoms with Crippen molar-refractivity contribution in [2.24, 2.45) is 0 Å². The molecule has 4 nitrogen and oxygen atoms in total. The first-order valence-electron chi connectivity index (χ1n) is 5.68. The molecule has 0 saturated carbocycles. The van der Waals surface area contributed by atoms with Gasteiger partial charge < -0.3 is 10.4 Å². The van der Waals surface area contributed by atoms with Gasteiger partial charge in [-0.3, -0.25) is 4.98 Å². The molecular formula is C12H16N2O2. The number of rotatable bonds is 3. The first-order chi connectivity index (χ1) is 7.72. The number of aromatic nitrogens is 1. The van der Waals surface area contributed by atoms with Crippen molar-refractivity contribution in [1.82, 2.24) is 10.3 Å². The Morgan fingerprint density at radius 3 is 3.12 bits per heavy atom. The van der Waals surface area contributed by atoms with Crippen LogP contribution in [0.25, 0.3) is 0 Å². The van der Waals surface area contributed by atoms with Crippen molar-refractivity contribution in [3.63, 3.8) is 0 Å². The van der Waals surface area contributed by atoms with Crippen LogP contribution < -0.4 is 5.32 Å². The zero-order valence-electron chi connectivity index (χ0n) is 9.42. The number of fused-ring (bicyclic) bond motifs is 1. The Bertz CT molecular complexity index is 416. The third kappa shape index (κ3) is 2.07. The highest BCUT2D eigenvalue weighted by molar-refractivity contribution is 5.89. The standard InChI is InChI=1S/C12H16N2O2/c1-2-3-11-9(12(15)16)6-8-7-13-5-4-10(8)14-11/h6,13H,2-5,7H2,1H3,(H,15,16). The van der Waals surface area contributed by atoms with Gasteiger partial charge in [0.05, 0.1) is 11.3 Å². The molecule has 0 amide bonds. The van der Waals surface area contributed by atoms with E-state index >= 15 is 0 Å². The Morgan fingerprint density at radius 1 is 1.62 bits per heavy atom. The van der Waals surface area contributed by atoms with E-state index in [1.165, 1.54) is 0 Å². The van der Waals surface area contributed by atoms with Crippen molar-refractivity contribution in [2.75, 3.05) is 6.54 Å². The Kier molecular flexibility index (Phi) is 3.19. The molecule has 86 valence electrons. The molecule has 0 aromatic carbocycles. The van der Waals surface area contributed by atoms with Crippen molar-refractivity contribution in [2.45, 2.75) is 32.7 Å². The van der Waals surface area contributed by atoms with Gasteiger partial charge in [0.2, 0.25) is 0 Å². The summed E-state index contributed by atoms with van der Waals surface area (Å²) in [7, 11) is 0. The van der Waals surface area contributed by atoms with Crippen LogP contribution in [0.1, 0.15) is 40.7 Å². The zero-order valence-corrected chi connectivity index (χ0v) is 9.42. The van der Waals surface area contributed by atoms with E-state index in [0.29, 0.717) is 5.56 Å².